The average molecular weight is 527 g/mol. The highest BCUT2D eigenvalue weighted by atomic mass is 35.5. The first-order valence-corrected chi connectivity index (χ1v) is 11.7. The quantitative estimate of drug-likeness (QED) is 0.228. The smallest absolute Gasteiger partial charge is 0.321 e. The fourth-order valence-corrected chi connectivity index (χ4v) is 4.62. The Morgan fingerprint density at radius 1 is 1.23 bits per heavy atom. The average Bonchev–Trinajstić information content (AvgIpc) is 3.00. The molecule has 0 aliphatic carbocycles. The highest BCUT2D eigenvalue weighted by Crippen LogP contribution is 2.27. The molecule has 1 heterocycles. The van der Waals surface area contributed by atoms with Gasteiger partial charge in [0.1, 0.15) is 17.7 Å². The Morgan fingerprint density at radius 3 is 2.54 bits per heavy atom. The lowest BCUT2D eigenvalue weighted by Crippen LogP contribution is -2.53. The molecule has 0 aromatic heterocycles. The highest BCUT2D eigenvalue weighted by molar-refractivity contribution is 7.88. The standard InChI is InChI=1S/C20H19ClN4O9S/c21-14-7-6-13(8-16(14)25(30)31)10-24-18(19(27)23-35(24,32)33)22-15(20(28)29)9-17(26)34-11-12-4-2-1-3-5-12/h1-8,15,18,22H,9-11H2,(H,23,27)(H,28,29)/t15-,18+/m0/s1. The monoisotopic (exact) mass is 526 g/mol. The van der Waals surface area contributed by atoms with E-state index in [1.165, 1.54) is 12.1 Å². The summed E-state index contributed by atoms with van der Waals surface area (Å²) in [4.78, 5) is 46.6. The predicted octanol–water partition coefficient (Wildman–Crippen LogP) is 0.927. The molecule has 13 nitrogen and oxygen atoms in total. The van der Waals surface area contributed by atoms with Crippen molar-refractivity contribution in [2.45, 2.75) is 31.8 Å². The number of nitro groups is 1. The van der Waals surface area contributed by atoms with Crippen LogP contribution in [0.2, 0.25) is 5.02 Å². The fourth-order valence-electron chi connectivity index (χ4n) is 3.19. The molecule has 1 aliphatic heterocycles. The van der Waals surface area contributed by atoms with Gasteiger partial charge in [-0.1, -0.05) is 48.0 Å². The Balaban J connectivity index is 1.75. The first kappa shape index (κ1) is 26.0. The van der Waals surface area contributed by atoms with Crippen LogP contribution in [0.5, 0.6) is 0 Å². The molecule has 0 bridgehead atoms. The van der Waals surface area contributed by atoms with Gasteiger partial charge in [-0.3, -0.25) is 29.8 Å². The van der Waals surface area contributed by atoms with E-state index in [9.17, 15) is 38.0 Å². The van der Waals surface area contributed by atoms with Crippen LogP contribution in [0.4, 0.5) is 5.69 Å². The van der Waals surface area contributed by atoms with Gasteiger partial charge < -0.3 is 9.84 Å². The van der Waals surface area contributed by atoms with E-state index in [2.05, 4.69) is 5.32 Å². The van der Waals surface area contributed by atoms with E-state index in [-0.39, 0.29) is 17.2 Å². The van der Waals surface area contributed by atoms with Crippen LogP contribution < -0.4 is 10.0 Å². The van der Waals surface area contributed by atoms with Gasteiger partial charge in [0, 0.05) is 12.6 Å². The van der Waals surface area contributed by atoms with Crippen LogP contribution in [0.25, 0.3) is 0 Å². The van der Waals surface area contributed by atoms with E-state index in [4.69, 9.17) is 16.3 Å². The molecule has 186 valence electrons. The number of ether oxygens (including phenoxy) is 1. The Kier molecular flexibility index (Phi) is 8.01. The minimum atomic E-state index is -4.41. The maximum Gasteiger partial charge on any atom is 0.321 e. The lowest BCUT2D eigenvalue weighted by Gasteiger charge is -2.24. The van der Waals surface area contributed by atoms with Crippen molar-refractivity contribution in [1.29, 1.82) is 0 Å². The second-order valence-corrected chi connectivity index (χ2v) is 9.40. The topological polar surface area (TPSA) is 185 Å². The summed E-state index contributed by atoms with van der Waals surface area (Å²) in [6.45, 7) is -0.632. The van der Waals surface area contributed by atoms with Gasteiger partial charge in [0.25, 0.3) is 11.6 Å². The van der Waals surface area contributed by atoms with Crippen LogP contribution in [-0.4, -0.2) is 52.8 Å². The molecule has 2 aromatic rings. The molecular weight excluding hydrogens is 508 g/mol. The van der Waals surface area contributed by atoms with Crippen LogP contribution in [0.15, 0.2) is 48.5 Å². The summed E-state index contributed by atoms with van der Waals surface area (Å²) in [7, 11) is -4.41. The molecular formula is C20H19ClN4O9S. The zero-order valence-electron chi connectivity index (χ0n) is 17.8. The number of halogens is 1. The zero-order valence-corrected chi connectivity index (χ0v) is 19.4. The summed E-state index contributed by atoms with van der Waals surface area (Å²) < 4.78 is 32.3. The number of hydrogen-bond acceptors (Lipinski definition) is 9. The number of nitrogens with zero attached hydrogens (tertiary/aromatic N) is 2. The van der Waals surface area contributed by atoms with E-state index in [1.54, 1.807) is 35.1 Å². The molecule has 1 aliphatic rings. The van der Waals surface area contributed by atoms with Gasteiger partial charge in [-0.2, -0.15) is 12.7 Å². The maximum atomic E-state index is 12.5. The van der Waals surface area contributed by atoms with E-state index in [1.807, 2.05) is 0 Å². The third kappa shape index (κ3) is 6.51. The lowest BCUT2D eigenvalue weighted by atomic mass is 10.1. The van der Waals surface area contributed by atoms with Crippen LogP contribution >= 0.6 is 11.6 Å². The van der Waals surface area contributed by atoms with Crippen molar-refractivity contribution < 1.29 is 37.6 Å². The van der Waals surface area contributed by atoms with Crippen molar-refractivity contribution in [3.8, 4) is 0 Å². The largest absolute Gasteiger partial charge is 0.480 e. The number of nitro benzene ring substituents is 1. The van der Waals surface area contributed by atoms with Crippen molar-refractivity contribution in [3.63, 3.8) is 0 Å². The van der Waals surface area contributed by atoms with E-state index in [0.29, 0.717) is 9.87 Å². The van der Waals surface area contributed by atoms with Gasteiger partial charge in [-0.05, 0) is 17.2 Å². The van der Waals surface area contributed by atoms with Gasteiger partial charge in [0.2, 0.25) is 0 Å². The Hall–Kier alpha value is -3.59. The normalized spacial score (nSPS) is 18.0. The lowest BCUT2D eigenvalue weighted by molar-refractivity contribution is -0.384. The second kappa shape index (κ2) is 10.8. The van der Waals surface area contributed by atoms with Crippen molar-refractivity contribution in [2.75, 3.05) is 0 Å². The number of carboxylic acid groups (broad SMARTS) is 1. The zero-order chi connectivity index (χ0) is 25.8. The molecule has 0 radical (unpaired) electrons. The van der Waals surface area contributed by atoms with Crippen LogP contribution in [-0.2, 0) is 42.5 Å². The number of amides is 1. The van der Waals surface area contributed by atoms with Gasteiger partial charge in [-0.15, -0.1) is 0 Å². The summed E-state index contributed by atoms with van der Waals surface area (Å²) in [6.07, 6.45) is -2.41. The number of esters is 1. The molecule has 1 saturated heterocycles. The summed E-state index contributed by atoms with van der Waals surface area (Å²) in [6, 6.07) is 10.5. The first-order valence-electron chi connectivity index (χ1n) is 9.92. The molecule has 1 amide bonds. The van der Waals surface area contributed by atoms with Gasteiger partial charge in [-0.25, -0.2) is 4.72 Å². The number of nitrogens with one attached hydrogen (secondary N) is 2. The number of aliphatic carboxylic acids is 1. The van der Waals surface area contributed by atoms with Gasteiger partial charge >= 0.3 is 22.1 Å². The van der Waals surface area contributed by atoms with Crippen molar-refractivity contribution >= 4 is 45.3 Å². The number of carbonyl (C=O) groups excluding carboxylic acids is 2. The molecule has 2 atom stereocenters. The Bertz CT molecular complexity index is 1260. The summed E-state index contributed by atoms with van der Waals surface area (Å²) in [5.41, 5.74) is 0.307. The van der Waals surface area contributed by atoms with E-state index in [0.717, 1.165) is 6.07 Å². The summed E-state index contributed by atoms with van der Waals surface area (Å²) >= 11 is 5.77. The molecule has 0 unspecified atom stereocenters. The Morgan fingerprint density at radius 2 is 1.91 bits per heavy atom. The van der Waals surface area contributed by atoms with E-state index < -0.39 is 63.8 Å². The molecule has 35 heavy (non-hydrogen) atoms. The van der Waals surface area contributed by atoms with Crippen molar-refractivity contribution in [3.05, 3.63) is 74.8 Å². The predicted molar refractivity (Wildman–Crippen MR) is 120 cm³/mol. The molecule has 1 fully saturated rings. The summed E-state index contributed by atoms with van der Waals surface area (Å²) in [5.74, 6) is -3.51. The number of carboxylic acids is 1. The number of carbonyl (C=O) groups is 3. The number of benzene rings is 2. The van der Waals surface area contributed by atoms with Gasteiger partial charge in [0.15, 0.2) is 6.17 Å². The van der Waals surface area contributed by atoms with Crippen molar-refractivity contribution in [1.82, 2.24) is 14.3 Å². The molecule has 3 N–H and O–H groups in total. The number of hydrogen-bond donors (Lipinski definition) is 3. The van der Waals surface area contributed by atoms with Gasteiger partial charge in [0.05, 0.1) is 11.3 Å². The third-order valence-corrected chi connectivity index (χ3v) is 6.63. The third-order valence-electron chi connectivity index (χ3n) is 4.89. The SMILES string of the molecule is O=C(C[C@H](N[C@H]1C(=O)NS(=O)(=O)N1Cc1ccc(Cl)c([N+](=O)[O-])c1)C(=O)O)OCc1ccccc1. The molecule has 0 saturated carbocycles. The Labute approximate surface area is 204 Å². The summed E-state index contributed by atoms with van der Waals surface area (Å²) in [5, 5.41) is 22.8. The first-order chi connectivity index (χ1) is 16.5. The van der Waals surface area contributed by atoms with E-state index >= 15 is 0 Å². The van der Waals surface area contributed by atoms with Crippen LogP contribution in [0.1, 0.15) is 17.5 Å². The van der Waals surface area contributed by atoms with Crippen molar-refractivity contribution in [2.24, 2.45) is 0 Å². The molecule has 2 aromatic carbocycles. The highest BCUT2D eigenvalue weighted by Gasteiger charge is 2.46. The van der Waals surface area contributed by atoms with Crippen LogP contribution in [0.3, 0.4) is 0 Å². The van der Waals surface area contributed by atoms with Crippen LogP contribution in [0, 0.1) is 10.1 Å². The fraction of sp³-hybridized carbons (Fsp3) is 0.250. The maximum absolute atomic E-state index is 12.5. The number of rotatable bonds is 10. The minimum absolute atomic E-state index is 0.105. The molecule has 15 heteroatoms. The second-order valence-electron chi connectivity index (χ2n) is 7.37. The minimum Gasteiger partial charge on any atom is -0.480 e. The molecule has 3 rings (SSSR count). The molecule has 0 spiro atoms.